The lowest BCUT2D eigenvalue weighted by molar-refractivity contribution is 0.0915. The molecule has 1 aromatic rings. The molecule has 0 radical (unpaired) electrons. The zero-order valence-corrected chi connectivity index (χ0v) is 14.7. The highest BCUT2D eigenvalue weighted by Gasteiger charge is 2.32. The average Bonchev–Trinajstić information content (AvgIpc) is 3.21. The van der Waals surface area contributed by atoms with Crippen LogP contribution in [0.15, 0.2) is 4.47 Å². The predicted molar refractivity (Wildman–Crippen MR) is 85.2 cm³/mol. The summed E-state index contributed by atoms with van der Waals surface area (Å²) in [5.74, 6) is 0.203. The molecule has 1 saturated carbocycles. The molecule has 1 unspecified atom stereocenters. The predicted octanol–water partition coefficient (Wildman–Crippen LogP) is 1.20. The number of aromatic nitrogens is 2. The summed E-state index contributed by atoms with van der Waals surface area (Å²) in [5.41, 5.74) is 1.32. The van der Waals surface area contributed by atoms with Gasteiger partial charge in [-0.2, -0.15) is 5.10 Å². The summed E-state index contributed by atoms with van der Waals surface area (Å²) in [5, 5.41) is 9.91. The van der Waals surface area contributed by atoms with Gasteiger partial charge >= 0.3 is 0 Å². The third kappa shape index (κ3) is 3.36. The molecule has 1 aliphatic heterocycles. The van der Waals surface area contributed by atoms with Gasteiger partial charge in [-0.25, -0.2) is 12.7 Å². The maximum atomic E-state index is 12.4. The fraction of sp³-hybridized carbons (Fsp3) is 0.692. The van der Waals surface area contributed by atoms with Gasteiger partial charge in [0.05, 0.1) is 16.4 Å². The quantitative estimate of drug-likeness (QED) is 0.807. The standard InChI is InChI=1S/C13H19BrN4O3S/c1-22(20,21)18-6-2-3-9(7-18)15-13(19)12-10(14)11(16-17-12)8-4-5-8/h8-9H,2-7H2,1H3,(H,15,19)(H,16,17). The maximum absolute atomic E-state index is 12.4. The molecular formula is C13H19BrN4O3S. The fourth-order valence-electron chi connectivity index (χ4n) is 2.75. The summed E-state index contributed by atoms with van der Waals surface area (Å²) in [6.45, 7) is 0.839. The number of nitrogens with zero attached hydrogens (tertiary/aromatic N) is 2. The van der Waals surface area contributed by atoms with E-state index >= 15 is 0 Å². The van der Waals surface area contributed by atoms with E-state index in [4.69, 9.17) is 0 Å². The molecule has 1 aromatic heterocycles. The Bertz CT molecular complexity index is 683. The van der Waals surface area contributed by atoms with Crippen molar-refractivity contribution in [2.75, 3.05) is 19.3 Å². The zero-order valence-electron chi connectivity index (χ0n) is 12.3. The molecule has 2 heterocycles. The van der Waals surface area contributed by atoms with Crippen molar-refractivity contribution < 1.29 is 13.2 Å². The van der Waals surface area contributed by atoms with Crippen molar-refractivity contribution >= 4 is 31.9 Å². The van der Waals surface area contributed by atoms with E-state index in [1.165, 1.54) is 10.6 Å². The van der Waals surface area contributed by atoms with Gasteiger partial charge in [-0.15, -0.1) is 0 Å². The van der Waals surface area contributed by atoms with E-state index in [0.29, 0.717) is 24.7 Å². The molecule has 7 nitrogen and oxygen atoms in total. The minimum Gasteiger partial charge on any atom is -0.347 e. The molecule has 122 valence electrons. The fourth-order valence-corrected chi connectivity index (χ4v) is 4.34. The highest BCUT2D eigenvalue weighted by molar-refractivity contribution is 9.10. The molecule has 2 aliphatic rings. The Labute approximate surface area is 138 Å². The third-order valence-corrected chi connectivity index (χ3v) is 6.19. The van der Waals surface area contributed by atoms with E-state index in [0.717, 1.165) is 35.8 Å². The summed E-state index contributed by atoms with van der Waals surface area (Å²) in [6, 6.07) is -0.177. The lowest BCUT2D eigenvalue weighted by atomic mass is 10.1. The van der Waals surface area contributed by atoms with E-state index in [1.807, 2.05) is 0 Å². The molecule has 9 heteroatoms. The van der Waals surface area contributed by atoms with Crippen LogP contribution in [0, 0.1) is 0 Å². The smallest absolute Gasteiger partial charge is 0.273 e. The van der Waals surface area contributed by atoms with E-state index in [-0.39, 0.29) is 11.9 Å². The first-order valence-electron chi connectivity index (χ1n) is 7.36. The summed E-state index contributed by atoms with van der Waals surface area (Å²) in [4.78, 5) is 12.4. The number of hydrogen-bond acceptors (Lipinski definition) is 4. The van der Waals surface area contributed by atoms with Crippen LogP contribution >= 0.6 is 15.9 Å². The molecule has 1 aliphatic carbocycles. The molecule has 1 atom stereocenters. The van der Waals surface area contributed by atoms with Crippen LogP contribution in [0.2, 0.25) is 0 Å². The van der Waals surface area contributed by atoms with E-state index in [9.17, 15) is 13.2 Å². The largest absolute Gasteiger partial charge is 0.347 e. The van der Waals surface area contributed by atoms with Gasteiger partial charge in [0.15, 0.2) is 5.69 Å². The van der Waals surface area contributed by atoms with Crippen LogP contribution in [-0.4, -0.2) is 54.2 Å². The number of aromatic amines is 1. The van der Waals surface area contributed by atoms with Crippen molar-refractivity contribution in [3.63, 3.8) is 0 Å². The monoisotopic (exact) mass is 390 g/mol. The first kappa shape index (κ1) is 15.9. The molecule has 0 bridgehead atoms. The Kier molecular flexibility index (Phi) is 4.30. The molecule has 0 aromatic carbocycles. The van der Waals surface area contributed by atoms with Gasteiger partial charge in [-0.3, -0.25) is 9.89 Å². The number of rotatable bonds is 4. The number of carbonyl (C=O) groups excluding carboxylic acids is 1. The number of nitrogens with one attached hydrogen (secondary N) is 2. The van der Waals surface area contributed by atoms with Gasteiger partial charge in [0.1, 0.15) is 0 Å². The topological polar surface area (TPSA) is 95.2 Å². The normalized spacial score (nSPS) is 23.5. The highest BCUT2D eigenvalue weighted by atomic mass is 79.9. The Morgan fingerprint density at radius 2 is 2.14 bits per heavy atom. The molecule has 22 heavy (non-hydrogen) atoms. The second-order valence-corrected chi connectivity index (χ2v) is 8.78. The Morgan fingerprint density at radius 3 is 2.77 bits per heavy atom. The number of hydrogen-bond donors (Lipinski definition) is 2. The zero-order chi connectivity index (χ0) is 15.9. The molecule has 1 amide bonds. The van der Waals surface area contributed by atoms with Crippen molar-refractivity contribution in [2.45, 2.75) is 37.6 Å². The number of sulfonamides is 1. The van der Waals surface area contributed by atoms with Crippen LogP contribution in [0.4, 0.5) is 0 Å². The minimum atomic E-state index is -3.22. The average molecular weight is 391 g/mol. The van der Waals surface area contributed by atoms with Crippen molar-refractivity contribution in [1.29, 1.82) is 0 Å². The first-order chi connectivity index (χ1) is 10.4. The van der Waals surface area contributed by atoms with E-state index in [2.05, 4.69) is 31.4 Å². The summed E-state index contributed by atoms with van der Waals surface area (Å²) >= 11 is 3.44. The van der Waals surface area contributed by atoms with E-state index in [1.54, 1.807) is 0 Å². The Morgan fingerprint density at radius 1 is 1.41 bits per heavy atom. The number of halogens is 1. The number of carbonyl (C=O) groups is 1. The van der Waals surface area contributed by atoms with Crippen LogP contribution in [0.25, 0.3) is 0 Å². The lowest BCUT2D eigenvalue weighted by Gasteiger charge is -2.31. The summed E-state index contributed by atoms with van der Waals surface area (Å²) in [7, 11) is -3.22. The van der Waals surface area contributed by atoms with Gasteiger partial charge < -0.3 is 5.32 Å². The molecule has 1 saturated heterocycles. The molecule has 0 spiro atoms. The lowest BCUT2D eigenvalue weighted by Crippen LogP contribution is -2.49. The molecular weight excluding hydrogens is 372 g/mol. The Balaban J connectivity index is 1.66. The highest BCUT2D eigenvalue weighted by Crippen LogP contribution is 2.42. The summed E-state index contributed by atoms with van der Waals surface area (Å²) < 4.78 is 25.4. The number of amides is 1. The van der Waals surface area contributed by atoms with Gasteiger partial charge in [0.25, 0.3) is 5.91 Å². The van der Waals surface area contributed by atoms with E-state index < -0.39 is 10.0 Å². The van der Waals surface area contributed by atoms with Gasteiger partial charge in [0.2, 0.25) is 10.0 Å². The summed E-state index contributed by atoms with van der Waals surface area (Å²) in [6.07, 6.45) is 4.95. The van der Waals surface area contributed by atoms with Gasteiger partial charge in [-0.1, -0.05) is 0 Å². The molecule has 2 N–H and O–H groups in total. The third-order valence-electron chi connectivity index (χ3n) is 4.12. The minimum absolute atomic E-state index is 0.177. The molecule has 2 fully saturated rings. The second kappa shape index (κ2) is 5.93. The SMILES string of the molecule is CS(=O)(=O)N1CCCC(NC(=O)c2n[nH]c(C3CC3)c2Br)C1. The first-order valence-corrected chi connectivity index (χ1v) is 10.00. The maximum Gasteiger partial charge on any atom is 0.273 e. The van der Waals surface area contributed by atoms with Crippen LogP contribution in [0.5, 0.6) is 0 Å². The molecule has 3 rings (SSSR count). The van der Waals surface area contributed by atoms with Crippen molar-refractivity contribution in [3.05, 3.63) is 15.9 Å². The second-order valence-electron chi connectivity index (χ2n) is 6.01. The number of H-pyrrole nitrogens is 1. The van der Waals surface area contributed by atoms with Crippen LogP contribution < -0.4 is 5.32 Å². The van der Waals surface area contributed by atoms with Crippen LogP contribution in [0.1, 0.15) is 47.8 Å². The number of piperidine rings is 1. The van der Waals surface area contributed by atoms with Gasteiger partial charge in [-0.05, 0) is 41.6 Å². The van der Waals surface area contributed by atoms with Crippen LogP contribution in [0.3, 0.4) is 0 Å². The van der Waals surface area contributed by atoms with Crippen molar-refractivity contribution in [3.8, 4) is 0 Å². The van der Waals surface area contributed by atoms with Gasteiger partial charge in [0, 0.05) is 25.0 Å². The van der Waals surface area contributed by atoms with Crippen molar-refractivity contribution in [2.24, 2.45) is 0 Å². The van der Waals surface area contributed by atoms with Crippen molar-refractivity contribution in [1.82, 2.24) is 19.8 Å². The van der Waals surface area contributed by atoms with Crippen LogP contribution in [-0.2, 0) is 10.0 Å². The Hall–Kier alpha value is -0.930.